The number of hydrogen-bond donors (Lipinski definition) is 3. The average molecular weight is 379 g/mol. The maximum atomic E-state index is 12.3. The molecule has 1 aromatic carbocycles. The molecule has 1 aliphatic rings. The first-order chi connectivity index (χ1) is 13.7. The van der Waals surface area contributed by atoms with Gasteiger partial charge in [0, 0.05) is 23.6 Å². The molecule has 0 saturated carbocycles. The smallest absolute Gasteiger partial charge is 0.130 e. The first-order valence-electron chi connectivity index (χ1n) is 10.5. The van der Waals surface area contributed by atoms with E-state index in [9.17, 15) is 4.79 Å². The van der Waals surface area contributed by atoms with E-state index in [-0.39, 0.29) is 0 Å². The van der Waals surface area contributed by atoms with Gasteiger partial charge in [-0.2, -0.15) is 5.10 Å². The highest BCUT2D eigenvalue weighted by molar-refractivity contribution is 5.95. The Morgan fingerprint density at radius 1 is 1.18 bits per heavy atom. The van der Waals surface area contributed by atoms with Crippen LogP contribution in [0.15, 0.2) is 18.3 Å². The average Bonchev–Trinajstić information content (AvgIpc) is 3.27. The topological polar surface area (TPSA) is 73.6 Å². The van der Waals surface area contributed by atoms with Crippen molar-refractivity contribution in [1.29, 1.82) is 0 Å². The lowest BCUT2D eigenvalue weighted by molar-refractivity contribution is -0.113. The van der Waals surface area contributed by atoms with Crippen molar-refractivity contribution in [3.8, 4) is 11.4 Å². The minimum Gasteiger partial charge on any atom is -0.388 e. The van der Waals surface area contributed by atoms with Crippen LogP contribution in [0.5, 0.6) is 0 Å². The molecular weight excluding hydrogens is 348 g/mol. The fourth-order valence-electron chi connectivity index (χ4n) is 5.03. The van der Waals surface area contributed by atoms with Crippen LogP contribution in [-0.4, -0.2) is 28.5 Å². The minimum atomic E-state index is -0.433. The molecule has 0 saturated heterocycles. The van der Waals surface area contributed by atoms with Gasteiger partial charge in [-0.3, -0.25) is 5.10 Å². The lowest BCUT2D eigenvalue weighted by Crippen LogP contribution is -2.29. The van der Waals surface area contributed by atoms with E-state index in [4.69, 9.17) is 0 Å². The third-order valence-corrected chi connectivity index (χ3v) is 6.31. The molecule has 0 unspecified atom stereocenters. The Morgan fingerprint density at radius 3 is 2.64 bits per heavy atom. The number of fused-ring (bicyclic) bond motifs is 5. The van der Waals surface area contributed by atoms with Crippen molar-refractivity contribution >= 4 is 22.9 Å². The molecule has 0 spiro atoms. The van der Waals surface area contributed by atoms with E-state index >= 15 is 0 Å². The van der Waals surface area contributed by atoms with Gasteiger partial charge in [-0.15, -0.1) is 0 Å². The molecule has 1 aliphatic carbocycles. The molecule has 28 heavy (non-hydrogen) atoms. The monoisotopic (exact) mass is 378 g/mol. The number of rotatable bonds is 7. The number of aryl methyl sites for hydroxylation is 2. The number of benzene rings is 1. The van der Waals surface area contributed by atoms with Crippen LogP contribution in [0.1, 0.15) is 62.6 Å². The molecule has 2 heterocycles. The molecule has 2 aromatic heterocycles. The zero-order chi connectivity index (χ0) is 19.7. The Morgan fingerprint density at radius 2 is 1.96 bits per heavy atom. The van der Waals surface area contributed by atoms with E-state index in [1.807, 2.05) is 13.2 Å². The molecule has 5 heteroatoms. The summed E-state index contributed by atoms with van der Waals surface area (Å²) in [5.74, 6) is 0. The van der Waals surface area contributed by atoms with E-state index in [0.717, 1.165) is 73.1 Å². The van der Waals surface area contributed by atoms with Gasteiger partial charge in [0.1, 0.15) is 6.29 Å². The van der Waals surface area contributed by atoms with E-state index in [1.165, 1.54) is 22.8 Å². The van der Waals surface area contributed by atoms with E-state index < -0.39 is 5.41 Å². The number of carbonyl (C=O) groups is 1. The standard InChI is InChI=1S/C23H30N4O/c1-4-9-23(14-28,10-5-2)18-12-19-17(11-20(18)24-3)16-8-6-7-15-13-25-27-21(15)22(16)26-19/h11-14,24,26H,4-10H2,1-3H3,(H,25,27). The van der Waals surface area contributed by atoms with E-state index in [0.29, 0.717) is 0 Å². The summed E-state index contributed by atoms with van der Waals surface area (Å²) >= 11 is 0. The Kier molecular flexibility index (Phi) is 5.00. The fraction of sp³-hybridized carbons (Fsp3) is 0.478. The van der Waals surface area contributed by atoms with Gasteiger partial charge in [-0.05, 0) is 60.9 Å². The Hall–Kier alpha value is -2.56. The largest absolute Gasteiger partial charge is 0.388 e. The molecule has 0 aliphatic heterocycles. The lowest BCUT2D eigenvalue weighted by atomic mass is 9.73. The highest BCUT2D eigenvalue weighted by atomic mass is 16.1. The first kappa shape index (κ1) is 18.8. The molecular formula is C23H30N4O. The molecule has 0 atom stereocenters. The summed E-state index contributed by atoms with van der Waals surface area (Å²) in [5, 5.41) is 12.1. The zero-order valence-electron chi connectivity index (χ0n) is 17.1. The molecule has 4 rings (SSSR count). The Labute approximate surface area is 166 Å². The van der Waals surface area contributed by atoms with Crippen molar-refractivity contribution in [3.63, 3.8) is 0 Å². The second kappa shape index (κ2) is 7.46. The van der Waals surface area contributed by atoms with Crippen LogP contribution in [0, 0.1) is 0 Å². The number of hydrogen-bond acceptors (Lipinski definition) is 3. The van der Waals surface area contributed by atoms with Gasteiger partial charge < -0.3 is 15.1 Å². The Balaban J connectivity index is 1.95. The van der Waals surface area contributed by atoms with Gasteiger partial charge in [-0.1, -0.05) is 26.7 Å². The summed E-state index contributed by atoms with van der Waals surface area (Å²) in [7, 11) is 1.95. The highest BCUT2D eigenvalue weighted by Gasteiger charge is 2.33. The van der Waals surface area contributed by atoms with Gasteiger partial charge in [0.15, 0.2) is 0 Å². The normalized spacial score (nSPS) is 13.8. The van der Waals surface area contributed by atoms with Gasteiger partial charge >= 0.3 is 0 Å². The third kappa shape index (κ3) is 2.84. The minimum absolute atomic E-state index is 0.433. The summed E-state index contributed by atoms with van der Waals surface area (Å²) in [5.41, 5.74) is 7.75. The second-order valence-electron chi connectivity index (χ2n) is 8.07. The molecule has 5 nitrogen and oxygen atoms in total. The predicted octanol–water partition coefficient (Wildman–Crippen LogP) is 5.13. The summed E-state index contributed by atoms with van der Waals surface area (Å²) in [6.45, 7) is 4.31. The van der Waals surface area contributed by atoms with Crippen molar-refractivity contribution in [1.82, 2.24) is 15.2 Å². The zero-order valence-corrected chi connectivity index (χ0v) is 17.1. The second-order valence-corrected chi connectivity index (χ2v) is 8.07. The van der Waals surface area contributed by atoms with Crippen molar-refractivity contribution in [2.45, 2.75) is 64.2 Å². The number of nitrogens with zero attached hydrogens (tertiary/aromatic N) is 1. The van der Waals surface area contributed by atoms with Crippen molar-refractivity contribution in [2.75, 3.05) is 12.4 Å². The molecule has 0 bridgehead atoms. The quantitative estimate of drug-likeness (QED) is 0.499. The van der Waals surface area contributed by atoms with Crippen LogP contribution in [0.3, 0.4) is 0 Å². The van der Waals surface area contributed by atoms with Crippen LogP contribution in [0.4, 0.5) is 5.69 Å². The molecule has 148 valence electrons. The van der Waals surface area contributed by atoms with Crippen molar-refractivity contribution in [3.05, 3.63) is 35.0 Å². The molecule has 3 N–H and O–H groups in total. The van der Waals surface area contributed by atoms with Crippen LogP contribution in [0.25, 0.3) is 22.3 Å². The van der Waals surface area contributed by atoms with Gasteiger partial charge in [0.25, 0.3) is 0 Å². The molecule has 3 aromatic rings. The maximum Gasteiger partial charge on any atom is 0.130 e. The molecule has 0 fully saturated rings. The Bertz CT molecular complexity index is 992. The SMILES string of the molecule is CCCC(C=O)(CCC)c1cc2[nH]c3c(c2cc1NC)CCCc1cn[nH]c1-3. The van der Waals surface area contributed by atoms with Gasteiger partial charge in [0.2, 0.25) is 0 Å². The number of aromatic amines is 2. The van der Waals surface area contributed by atoms with Crippen LogP contribution in [-0.2, 0) is 23.1 Å². The summed E-state index contributed by atoms with van der Waals surface area (Å²) in [6, 6.07) is 4.45. The summed E-state index contributed by atoms with van der Waals surface area (Å²) < 4.78 is 0. The predicted molar refractivity (Wildman–Crippen MR) is 115 cm³/mol. The highest BCUT2D eigenvalue weighted by Crippen LogP contribution is 2.42. The van der Waals surface area contributed by atoms with Crippen LogP contribution < -0.4 is 5.32 Å². The summed E-state index contributed by atoms with van der Waals surface area (Å²) in [4.78, 5) is 16.0. The number of aromatic nitrogens is 3. The number of anilines is 1. The third-order valence-electron chi connectivity index (χ3n) is 6.31. The van der Waals surface area contributed by atoms with Gasteiger partial charge in [-0.25, -0.2) is 0 Å². The number of H-pyrrole nitrogens is 2. The van der Waals surface area contributed by atoms with E-state index in [1.54, 1.807) is 0 Å². The van der Waals surface area contributed by atoms with Crippen LogP contribution in [0.2, 0.25) is 0 Å². The van der Waals surface area contributed by atoms with Gasteiger partial charge in [0.05, 0.1) is 23.0 Å². The lowest BCUT2D eigenvalue weighted by Gasteiger charge is -2.30. The van der Waals surface area contributed by atoms with Crippen LogP contribution >= 0.6 is 0 Å². The molecule has 0 radical (unpaired) electrons. The summed E-state index contributed by atoms with van der Waals surface area (Å²) in [6.07, 6.45) is 10.1. The maximum absolute atomic E-state index is 12.3. The van der Waals surface area contributed by atoms with Crippen molar-refractivity contribution < 1.29 is 4.79 Å². The van der Waals surface area contributed by atoms with Crippen molar-refractivity contribution in [2.24, 2.45) is 0 Å². The first-order valence-corrected chi connectivity index (χ1v) is 10.5. The molecule has 0 amide bonds. The number of carbonyl (C=O) groups excluding carboxylic acids is 1. The number of aldehydes is 1. The number of nitrogens with one attached hydrogen (secondary N) is 3. The fourth-order valence-corrected chi connectivity index (χ4v) is 5.03. The van der Waals surface area contributed by atoms with E-state index in [2.05, 4.69) is 46.5 Å².